The molecule has 0 bridgehead atoms. The fraction of sp³-hybridized carbons (Fsp3) is 0.500. The first-order valence-corrected chi connectivity index (χ1v) is 11.1. The van der Waals surface area contributed by atoms with Gasteiger partial charge in [-0.2, -0.15) is 4.80 Å². The van der Waals surface area contributed by atoms with Gasteiger partial charge in [-0.05, 0) is 55.2 Å². The Morgan fingerprint density at radius 3 is 2.55 bits per heavy atom. The lowest BCUT2D eigenvalue weighted by molar-refractivity contribution is -0.155. The smallest absolute Gasteiger partial charge is 0.266 e. The van der Waals surface area contributed by atoms with Crippen LogP contribution >= 0.6 is 0 Å². The Bertz CT molecular complexity index is 1020. The Morgan fingerprint density at radius 1 is 1.00 bits per heavy atom. The molecule has 1 aromatic heterocycles. The van der Waals surface area contributed by atoms with E-state index in [1.165, 1.54) is 27.3 Å². The first-order chi connectivity index (χ1) is 16.1. The van der Waals surface area contributed by atoms with Gasteiger partial charge in [0.15, 0.2) is 0 Å². The third kappa shape index (κ3) is 5.24. The zero-order valence-corrected chi connectivity index (χ0v) is 19.0. The summed E-state index contributed by atoms with van der Waals surface area (Å²) in [6, 6.07) is 5.34. The molecule has 2 saturated heterocycles. The Kier molecular flexibility index (Phi) is 7.06. The summed E-state index contributed by atoms with van der Waals surface area (Å²) < 4.78 is 10.6. The zero-order valence-electron chi connectivity index (χ0n) is 19.0. The number of hydrogen-bond acceptors (Lipinski definition) is 8. The van der Waals surface area contributed by atoms with Gasteiger partial charge in [-0.3, -0.25) is 9.59 Å². The monoisotopic (exact) mass is 455 g/mol. The summed E-state index contributed by atoms with van der Waals surface area (Å²) in [5.41, 5.74) is 0.708. The third-order valence-electron chi connectivity index (χ3n) is 5.77. The molecule has 176 valence electrons. The average molecular weight is 456 g/mol. The third-order valence-corrected chi connectivity index (χ3v) is 5.77. The van der Waals surface area contributed by atoms with Gasteiger partial charge in [-0.1, -0.05) is 5.10 Å². The number of aromatic nitrogens is 4. The van der Waals surface area contributed by atoms with E-state index in [-0.39, 0.29) is 18.4 Å². The number of hydrogen-bond donors (Lipinski definition) is 0. The Balaban J connectivity index is 1.40. The highest BCUT2D eigenvalue weighted by molar-refractivity contribution is 5.93. The maximum absolute atomic E-state index is 12.9. The first kappa shape index (κ1) is 22.6. The summed E-state index contributed by atoms with van der Waals surface area (Å²) in [5, 5.41) is 15.4. The van der Waals surface area contributed by atoms with Crippen LogP contribution in [-0.2, 0) is 16.1 Å². The molecule has 0 saturated carbocycles. The van der Waals surface area contributed by atoms with Gasteiger partial charge >= 0.3 is 0 Å². The maximum Gasteiger partial charge on any atom is 0.266 e. The number of anilines is 1. The number of rotatable bonds is 7. The quantitative estimate of drug-likeness (QED) is 0.577. The number of nitrogens with zero attached hydrogens (tertiary/aromatic N) is 7. The van der Waals surface area contributed by atoms with E-state index in [9.17, 15) is 9.59 Å². The molecule has 0 unspecified atom stereocenters. The van der Waals surface area contributed by atoms with Crippen LogP contribution in [0.5, 0.6) is 11.5 Å². The largest absolute Gasteiger partial charge is 0.497 e. The van der Waals surface area contributed by atoms with E-state index < -0.39 is 0 Å². The number of piperidine rings is 1. The number of ether oxygens (including phenoxy) is 2. The number of benzene rings is 1. The number of carbonyl (C=O) groups excluding carboxylic acids is 2. The normalized spacial score (nSPS) is 16.5. The van der Waals surface area contributed by atoms with Crippen LogP contribution in [0.15, 0.2) is 24.3 Å². The summed E-state index contributed by atoms with van der Waals surface area (Å²) >= 11 is 0. The van der Waals surface area contributed by atoms with Crippen LogP contribution < -0.4 is 14.4 Å². The van der Waals surface area contributed by atoms with Crippen molar-refractivity contribution in [2.45, 2.75) is 32.2 Å². The zero-order chi connectivity index (χ0) is 23.2. The molecule has 0 radical (unpaired) electrons. The van der Waals surface area contributed by atoms with Crippen LogP contribution in [0.1, 0.15) is 31.2 Å². The van der Waals surface area contributed by atoms with Crippen LogP contribution in [-0.4, -0.2) is 82.4 Å². The topological polar surface area (TPSA) is 106 Å². The van der Waals surface area contributed by atoms with Crippen molar-refractivity contribution in [1.82, 2.24) is 30.2 Å². The molecule has 2 aliphatic heterocycles. The molecule has 2 fully saturated rings. The van der Waals surface area contributed by atoms with Gasteiger partial charge in [-0.25, -0.2) is 10.0 Å². The molecule has 0 atom stereocenters. The number of hydrazine groups is 1. The molecular weight excluding hydrogens is 426 g/mol. The van der Waals surface area contributed by atoms with E-state index >= 15 is 0 Å². The molecule has 0 aliphatic carbocycles. The van der Waals surface area contributed by atoms with Crippen LogP contribution in [0.25, 0.3) is 6.08 Å². The minimum absolute atomic E-state index is 0.0714. The minimum Gasteiger partial charge on any atom is -0.497 e. The molecular formula is C22H29N7O4. The lowest BCUT2D eigenvalue weighted by Crippen LogP contribution is -2.45. The van der Waals surface area contributed by atoms with E-state index in [1.807, 2.05) is 0 Å². The SMILES string of the molecule is COc1ccc(OC)c(/C=C/C(=O)N2CCCN2C(=O)Cn2nnc(N3CCCCC3)n2)c1. The van der Waals surface area contributed by atoms with Crippen molar-refractivity contribution in [2.75, 3.05) is 45.3 Å². The van der Waals surface area contributed by atoms with Crippen molar-refractivity contribution >= 4 is 23.8 Å². The van der Waals surface area contributed by atoms with Gasteiger partial charge in [0, 0.05) is 37.8 Å². The summed E-state index contributed by atoms with van der Waals surface area (Å²) in [7, 11) is 3.14. The second-order valence-electron chi connectivity index (χ2n) is 7.94. The predicted molar refractivity (Wildman–Crippen MR) is 121 cm³/mol. The van der Waals surface area contributed by atoms with Gasteiger partial charge in [0.05, 0.1) is 14.2 Å². The van der Waals surface area contributed by atoms with Gasteiger partial charge < -0.3 is 14.4 Å². The first-order valence-electron chi connectivity index (χ1n) is 11.1. The van der Waals surface area contributed by atoms with E-state index in [1.54, 1.807) is 38.5 Å². The fourth-order valence-electron chi connectivity index (χ4n) is 4.04. The molecule has 2 aliphatic rings. The molecule has 0 N–H and O–H groups in total. The van der Waals surface area contributed by atoms with Gasteiger partial charge in [0.1, 0.15) is 18.0 Å². The van der Waals surface area contributed by atoms with Crippen molar-refractivity contribution < 1.29 is 19.1 Å². The predicted octanol–water partition coefficient (Wildman–Crippen LogP) is 1.37. The molecule has 33 heavy (non-hydrogen) atoms. The molecule has 4 rings (SSSR count). The summed E-state index contributed by atoms with van der Waals surface area (Å²) in [4.78, 5) is 29.1. The highest BCUT2D eigenvalue weighted by atomic mass is 16.5. The van der Waals surface area contributed by atoms with E-state index in [4.69, 9.17) is 9.47 Å². The van der Waals surface area contributed by atoms with Crippen LogP contribution in [0.4, 0.5) is 5.95 Å². The number of carbonyl (C=O) groups is 2. The van der Waals surface area contributed by atoms with E-state index in [2.05, 4.69) is 20.3 Å². The molecule has 11 heteroatoms. The fourth-order valence-corrected chi connectivity index (χ4v) is 4.04. The molecule has 3 heterocycles. The van der Waals surface area contributed by atoms with Crippen LogP contribution in [0.2, 0.25) is 0 Å². The molecule has 2 amide bonds. The van der Waals surface area contributed by atoms with Crippen molar-refractivity contribution in [3.8, 4) is 11.5 Å². The van der Waals surface area contributed by atoms with Crippen molar-refractivity contribution in [3.05, 3.63) is 29.8 Å². The van der Waals surface area contributed by atoms with Crippen LogP contribution in [0, 0.1) is 0 Å². The van der Waals surface area contributed by atoms with E-state index in [0.717, 1.165) is 25.9 Å². The van der Waals surface area contributed by atoms with Gasteiger partial charge in [0.25, 0.3) is 17.8 Å². The van der Waals surface area contributed by atoms with E-state index in [0.29, 0.717) is 42.5 Å². The van der Waals surface area contributed by atoms with Crippen molar-refractivity contribution in [3.63, 3.8) is 0 Å². The van der Waals surface area contributed by atoms with Gasteiger partial charge in [0.2, 0.25) is 0 Å². The second kappa shape index (κ2) is 10.3. The lowest BCUT2D eigenvalue weighted by Gasteiger charge is -2.26. The summed E-state index contributed by atoms with van der Waals surface area (Å²) in [5.74, 6) is 1.29. The van der Waals surface area contributed by atoms with Crippen LogP contribution in [0.3, 0.4) is 0 Å². The Hall–Kier alpha value is -3.63. The lowest BCUT2D eigenvalue weighted by atomic mass is 10.1. The molecule has 2 aromatic rings. The number of methoxy groups -OCH3 is 2. The van der Waals surface area contributed by atoms with Crippen molar-refractivity contribution in [2.24, 2.45) is 0 Å². The Morgan fingerprint density at radius 2 is 1.79 bits per heavy atom. The maximum atomic E-state index is 12.9. The minimum atomic E-state index is -0.286. The highest BCUT2D eigenvalue weighted by Crippen LogP contribution is 2.25. The standard InChI is InChI=1S/C22H29N7O4/c1-32-18-8-9-19(33-2)17(15-18)7-10-20(30)27-13-6-14-28(27)21(31)16-29-24-22(23-25-29)26-11-4-3-5-12-26/h7-10,15H,3-6,11-14,16H2,1-2H3/b10-7+. The number of tetrazole rings is 1. The second-order valence-corrected chi connectivity index (χ2v) is 7.94. The Labute approximate surface area is 192 Å². The molecule has 11 nitrogen and oxygen atoms in total. The molecule has 1 aromatic carbocycles. The molecule has 0 spiro atoms. The van der Waals surface area contributed by atoms with Gasteiger partial charge in [-0.15, -0.1) is 5.10 Å². The summed E-state index contributed by atoms with van der Waals surface area (Å²) in [6.07, 6.45) is 7.22. The highest BCUT2D eigenvalue weighted by Gasteiger charge is 2.30. The number of amides is 2. The average Bonchev–Trinajstić information content (AvgIpc) is 3.53. The van der Waals surface area contributed by atoms with Crippen molar-refractivity contribution in [1.29, 1.82) is 0 Å². The summed E-state index contributed by atoms with van der Waals surface area (Å²) in [6.45, 7) is 2.66.